The molecule has 2 N–H and O–H groups in total. The van der Waals surface area contributed by atoms with E-state index in [1.54, 1.807) is 49.6 Å². The van der Waals surface area contributed by atoms with E-state index >= 15 is 0 Å². The maximum absolute atomic E-state index is 11.8. The Labute approximate surface area is 144 Å². The van der Waals surface area contributed by atoms with Crippen LogP contribution in [0.15, 0.2) is 42.5 Å². The molecule has 23 heavy (non-hydrogen) atoms. The maximum atomic E-state index is 11.8. The van der Waals surface area contributed by atoms with Crippen LogP contribution >= 0.6 is 23.2 Å². The van der Waals surface area contributed by atoms with Crippen LogP contribution in [0.3, 0.4) is 0 Å². The number of benzene rings is 2. The van der Waals surface area contributed by atoms with Crippen LogP contribution in [0.4, 0.5) is 10.5 Å². The normalized spacial score (nSPS) is 10.0. The monoisotopic (exact) mass is 354 g/mol. The molecule has 0 unspecified atom stereocenters. The van der Waals surface area contributed by atoms with Gasteiger partial charge in [0.1, 0.15) is 18.1 Å². The molecule has 0 spiro atoms. The second-order valence-corrected chi connectivity index (χ2v) is 5.37. The largest absolute Gasteiger partial charge is 0.497 e. The number of urea groups is 1. The number of halogens is 2. The Kier molecular flexibility index (Phi) is 6.38. The number of carbonyl (C=O) groups is 1. The summed E-state index contributed by atoms with van der Waals surface area (Å²) < 4.78 is 10.6. The smallest absolute Gasteiger partial charge is 0.319 e. The predicted octanol–water partition coefficient (Wildman–Crippen LogP) is 4.20. The number of hydrogen-bond donors (Lipinski definition) is 2. The summed E-state index contributed by atoms with van der Waals surface area (Å²) in [6.07, 6.45) is 0. The molecule has 2 aromatic carbocycles. The molecule has 2 aromatic rings. The van der Waals surface area contributed by atoms with Crippen molar-refractivity contribution in [2.24, 2.45) is 0 Å². The molecule has 0 saturated heterocycles. The van der Waals surface area contributed by atoms with Crippen LogP contribution in [0.25, 0.3) is 0 Å². The average Bonchev–Trinajstić information content (AvgIpc) is 2.55. The lowest BCUT2D eigenvalue weighted by molar-refractivity contribution is 0.247. The summed E-state index contributed by atoms with van der Waals surface area (Å²) in [6.45, 7) is 0.680. The number of nitrogens with one attached hydrogen (secondary N) is 2. The van der Waals surface area contributed by atoms with Gasteiger partial charge in [-0.25, -0.2) is 4.79 Å². The molecule has 0 atom stereocenters. The zero-order valence-corrected chi connectivity index (χ0v) is 13.9. The van der Waals surface area contributed by atoms with E-state index in [0.717, 1.165) is 5.75 Å². The summed E-state index contributed by atoms with van der Waals surface area (Å²) in [5, 5.41) is 6.20. The number of carbonyl (C=O) groups excluding carboxylic acids is 1. The van der Waals surface area contributed by atoms with Crippen LogP contribution in [-0.4, -0.2) is 26.3 Å². The fourth-order valence-electron chi connectivity index (χ4n) is 1.77. The summed E-state index contributed by atoms with van der Waals surface area (Å²) >= 11 is 11.8. The van der Waals surface area contributed by atoms with Gasteiger partial charge in [-0.15, -0.1) is 0 Å². The molecule has 0 aliphatic carbocycles. The van der Waals surface area contributed by atoms with Gasteiger partial charge in [0.25, 0.3) is 0 Å². The highest BCUT2D eigenvalue weighted by atomic mass is 35.5. The van der Waals surface area contributed by atoms with Crippen LogP contribution in [0.2, 0.25) is 10.0 Å². The summed E-state index contributed by atoms with van der Waals surface area (Å²) in [5.74, 6) is 1.46. The molecular formula is C16H16Cl2N2O3. The van der Waals surface area contributed by atoms with Crippen LogP contribution < -0.4 is 20.1 Å². The van der Waals surface area contributed by atoms with E-state index < -0.39 is 0 Å². The van der Waals surface area contributed by atoms with Gasteiger partial charge in [-0.3, -0.25) is 0 Å². The van der Waals surface area contributed by atoms with E-state index in [-0.39, 0.29) is 6.03 Å². The molecule has 0 heterocycles. The van der Waals surface area contributed by atoms with Crippen LogP contribution in [0.5, 0.6) is 11.5 Å². The first-order valence-electron chi connectivity index (χ1n) is 6.85. The van der Waals surface area contributed by atoms with Gasteiger partial charge in [-0.1, -0.05) is 23.2 Å². The Balaban J connectivity index is 1.73. The molecule has 0 aliphatic rings. The van der Waals surface area contributed by atoms with Crippen LogP contribution in [0.1, 0.15) is 0 Å². The van der Waals surface area contributed by atoms with Crippen molar-refractivity contribution in [2.75, 3.05) is 25.6 Å². The number of amides is 2. The molecule has 5 nitrogen and oxygen atoms in total. The summed E-state index contributed by atoms with van der Waals surface area (Å²) in [7, 11) is 1.60. The quantitative estimate of drug-likeness (QED) is 0.764. The molecule has 0 bridgehead atoms. The van der Waals surface area contributed by atoms with E-state index in [1.807, 2.05) is 0 Å². The zero-order valence-electron chi connectivity index (χ0n) is 12.4. The molecule has 2 amide bonds. The van der Waals surface area contributed by atoms with Gasteiger partial charge in [0.05, 0.1) is 24.4 Å². The lowest BCUT2D eigenvalue weighted by atomic mass is 10.3. The molecule has 0 aromatic heterocycles. The summed E-state index contributed by atoms with van der Waals surface area (Å²) in [6, 6.07) is 11.7. The van der Waals surface area contributed by atoms with Gasteiger partial charge in [0.2, 0.25) is 0 Å². The van der Waals surface area contributed by atoms with Crippen LogP contribution in [-0.2, 0) is 0 Å². The van der Waals surface area contributed by atoms with Crippen molar-refractivity contribution in [2.45, 2.75) is 0 Å². The van der Waals surface area contributed by atoms with E-state index in [2.05, 4.69) is 10.6 Å². The molecule has 0 fully saturated rings. The van der Waals surface area contributed by atoms with Crippen molar-refractivity contribution in [1.82, 2.24) is 5.32 Å². The average molecular weight is 355 g/mol. The molecule has 0 radical (unpaired) electrons. The highest BCUT2D eigenvalue weighted by molar-refractivity contribution is 6.35. The Morgan fingerprint density at radius 3 is 2.48 bits per heavy atom. The van der Waals surface area contributed by atoms with Crippen molar-refractivity contribution in [3.05, 3.63) is 52.5 Å². The maximum Gasteiger partial charge on any atom is 0.319 e. The van der Waals surface area contributed by atoms with Crippen LogP contribution in [0, 0.1) is 0 Å². The van der Waals surface area contributed by atoms with Crippen molar-refractivity contribution < 1.29 is 14.3 Å². The summed E-state index contributed by atoms with van der Waals surface area (Å²) in [4.78, 5) is 11.8. The lowest BCUT2D eigenvalue weighted by Crippen LogP contribution is -2.32. The molecular weight excluding hydrogens is 339 g/mol. The molecule has 0 aliphatic heterocycles. The van der Waals surface area contributed by atoms with Gasteiger partial charge in [0, 0.05) is 5.02 Å². The standard InChI is InChI=1S/C16H16Cl2N2O3/c1-22-12-3-5-13(6-4-12)23-9-8-19-16(21)20-15-10-11(17)2-7-14(15)18/h2-7,10H,8-9H2,1H3,(H2,19,20,21). The van der Waals surface area contributed by atoms with Crippen molar-refractivity contribution in [3.8, 4) is 11.5 Å². The Morgan fingerprint density at radius 1 is 1.09 bits per heavy atom. The molecule has 2 rings (SSSR count). The second-order valence-electron chi connectivity index (χ2n) is 4.53. The minimum Gasteiger partial charge on any atom is -0.497 e. The highest BCUT2D eigenvalue weighted by Crippen LogP contribution is 2.25. The van der Waals surface area contributed by atoms with Gasteiger partial charge < -0.3 is 20.1 Å². The van der Waals surface area contributed by atoms with E-state index in [1.165, 1.54) is 0 Å². The first kappa shape index (κ1) is 17.2. The third-order valence-electron chi connectivity index (χ3n) is 2.89. The fourth-order valence-corrected chi connectivity index (χ4v) is 2.10. The van der Waals surface area contributed by atoms with E-state index in [0.29, 0.717) is 34.6 Å². The predicted molar refractivity (Wildman–Crippen MR) is 92.0 cm³/mol. The Bertz CT molecular complexity index is 663. The van der Waals surface area contributed by atoms with Crippen molar-refractivity contribution >= 4 is 34.9 Å². The molecule has 0 saturated carbocycles. The van der Waals surface area contributed by atoms with Gasteiger partial charge >= 0.3 is 6.03 Å². The number of ether oxygens (including phenoxy) is 2. The van der Waals surface area contributed by atoms with E-state index in [9.17, 15) is 4.79 Å². The zero-order chi connectivity index (χ0) is 16.7. The Hall–Kier alpha value is -2.11. The first-order valence-corrected chi connectivity index (χ1v) is 7.61. The second kappa shape index (κ2) is 8.50. The number of rotatable bonds is 6. The van der Waals surface area contributed by atoms with Gasteiger partial charge in [0.15, 0.2) is 0 Å². The molecule has 7 heteroatoms. The number of anilines is 1. The SMILES string of the molecule is COc1ccc(OCCNC(=O)Nc2cc(Cl)ccc2Cl)cc1. The minimum atomic E-state index is -0.382. The van der Waals surface area contributed by atoms with Crippen molar-refractivity contribution in [3.63, 3.8) is 0 Å². The minimum absolute atomic E-state index is 0.336. The summed E-state index contributed by atoms with van der Waals surface area (Å²) in [5.41, 5.74) is 0.452. The van der Waals surface area contributed by atoms with E-state index in [4.69, 9.17) is 32.7 Å². The number of hydrogen-bond acceptors (Lipinski definition) is 3. The molecule has 122 valence electrons. The van der Waals surface area contributed by atoms with Gasteiger partial charge in [-0.2, -0.15) is 0 Å². The van der Waals surface area contributed by atoms with Gasteiger partial charge in [-0.05, 0) is 42.5 Å². The van der Waals surface area contributed by atoms with Crippen molar-refractivity contribution in [1.29, 1.82) is 0 Å². The third kappa shape index (κ3) is 5.54. The number of methoxy groups -OCH3 is 1. The lowest BCUT2D eigenvalue weighted by Gasteiger charge is -2.10. The first-order chi connectivity index (χ1) is 11.1. The third-order valence-corrected chi connectivity index (χ3v) is 3.46. The fraction of sp³-hybridized carbons (Fsp3) is 0.188. The highest BCUT2D eigenvalue weighted by Gasteiger charge is 2.06. The topological polar surface area (TPSA) is 59.6 Å². The Morgan fingerprint density at radius 2 is 1.78 bits per heavy atom.